The van der Waals surface area contributed by atoms with Crippen LogP contribution in [0.4, 0.5) is 0 Å². The molecule has 2 aromatic rings. The van der Waals surface area contributed by atoms with Gasteiger partial charge in [0.1, 0.15) is 10.6 Å². The fourth-order valence-electron chi connectivity index (χ4n) is 2.09. The average molecular weight is 540 g/mol. The second-order valence-corrected chi connectivity index (χ2v) is 8.66. The van der Waals surface area contributed by atoms with Crippen LogP contribution in [-0.4, -0.2) is 19.5 Å². The predicted octanol–water partition coefficient (Wildman–Crippen LogP) is 3.04. The lowest BCUT2D eigenvalue weighted by molar-refractivity contribution is 0.0724. The van der Waals surface area contributed by atoms with Crippen LogP contribution in [0.3, 0.4) is 0 Å². The monoisotopic (exact) mass is 540 g/mol. The van der Waals surface area contributed by atoms with E-state index < -0.39 is 20.9 Å². The zero-order valence-corrected chi connectivity index (χ0v) is 15.8. The van der Waals surface area contributed by atoms with Gasteiger partial charge in [0.15, 0.2) is 0 Å². The van der Waals surface area contributed by atoms with Crippen molar-refractivity contribution in [1.29, 1.82) is 0 Å². The molecule has 0 aliphatic carbocycles. The molecule has 1 heterocycles. The first-order valence-corrected chi connectivity index (χ1v) is 9.56. The first-order chi connectivity index (χ1) is 10.3. The van der Waals surface area contributed by atoms with Gasteiger partial charge in [-0.15, -0.1) is 0 Å². The molecule has 0 amide bonds. The topological polar surface area (TPSA) is 77.5 Å². The van der Waals surface area contributed by atoms with Gasteiger partial charge in [-0.05, 0) is 69.4 Å². The van der Waals surface area contributed by atoms with Crippen LogP contribution >= 0.6 is 45.2 Å². The molecule has 3 rings (SSSR count). The van der Waals surface area contributed by atoms with Crippen LogP contribution in [0, 0.1) is 7.14 Å². The summed E-state index contributed by atoms with van der Waals surface area (Å²) in [5, 5.41) is -1.09. The third-order valence-electron chi connectivity index (χ3n) is 3.06. The van der Waals surface area contributed by atoms with E-state index in [1.807, 2.05) is 45.2 Å². The number of para-hydroxylation sites is 1. The second-order valence-electron chi connectivity index (χ2n) is 4.44. The molecule has 0 spiro atoms. The number of halogens is 2. The second kappa shape index (κ2) is 5.57. The Balaban J connectivity index is 2.39. The molecule has 22 heavy (non-hydrogen) atoms. The Morgan fingerprint density at radius 2 is 1.68 bits per heavy atom. The van der Waals surface area contributed by atoms with Gasteiger partial charge >= 0.3 is 5.97 Å². The fraction of sp³-hybridized carbons (Fsp3) is 0. The third-order valence-corrected chi connectivity index (χ3v) is 6.15. The molecular weight excluding hydrogens is 534 g/mol. The smallest absolute Gasteiger partial charge is 0.344 e. The van der Waals surface area contributed by atoms with E-state index in [-0.39, 0.29) is 21.8 Å². The molecule has 2 aromatic carbocycles. The number of carbonyl (C=O) groups excluding carboxylic acids is 2. The van der Waals surface area contributed by atoms with Crippen molar-refractivity contribution in [3.8, 4) is 5.75 Å². The molecule has 1 aliphatic heterocycles. The Labute approximate surface area is 153 Å². The highest BCUT2D eigenvalue weighted by atomic mass is 127. The van der Waals surface area contributed by atoms with Gasteiger partial charge < -0.3 is 4.74 Å². The van der Waals surface area contributed by atoms with Crippen molar-refractivity contribution in [2.75, 3.05) is 0 Å². The Hall–Kier alpha value is -1.01. The Morgan fingerprint density at radius 3 is 2.41 bits per heavy atom. The molecule has 0 fully saturated rings. The first kappa shape index (κ1) is 15.9. The Kier molecular flexibility index (Phi) is 4.01. The van der Waals surface area contributed by atoms with Crippen molar-refractivity contribution in [1.82, 2.24) is 0 Å². The molecule has 5 nitrogen and oxygen atoms in total. The maximum atomic E-state index is 12.5. The third kappa shape index (κ3) is 2.46. The van der Waals surface area contributed by atoms with Gasteiger partial charge in [-0.3, -0.25) is 4.79 Å². The zero-order chi connectivity index (χ0) is 16.1. The Morgan fingerprint density at radius 1 is 1.00 bits per heavy atom. The van der Waals surface area contributed by atoms with Gasteiger partial charge in [0.2, 0.25) is 9.84 Å². The van der Waals surface area contributed by atoms with E-state index in [0.29, 0.717) is 7.14 Å². The summed E-state index contributed by atoms with van der Waals surface area (Å²) < 4.78 is 31.4. The van der Waals surface area contributed by atoms with Crippen LogP contribution in [0.15, 0.2) is 41.3 Å². The molecule has 0 unspecified atom stereocenters. The molecule has 0 radical (unpaired) electrons. The van der Waals surface area contributed by atoms with Crippen molar-refractivity contribution in [2.45, 2.75) is 4.90 Å². The highest BCUT2D eigenvalue weighted by molar-refractivity contribution is 14.1. The van der Waals surface area contributed by atoms with E-state index in [9.17, 15) is 18.0 Å². The SMILES string of the molecule is O=C1Oc2ccccc2S(=O)(=O)C(=O)c2c(I)cc(I)cc21. The summed E-state index contributed by atoms with van der Waals surface area (Å²) in [6, 6.07) is 8.68. The largest absolute Gasteiger partial charge is 0.422 e. The molecule has 112 valence electrons. The van der Waals surface area contributed by atoms with Crippen molar-refractivity contribution in [3.05, 3.63) is 54.7 Å². The number of ether oxygens (including phenoxy) is 1. The number of hydrogen-bond acceptors (Lipinski definition) is 5. The highest BCUT2D eigenvalue weighted by Gasteiger charge is 2.37. The van der Waals surface area contributed by atoms with Gasteiger partial charge in [0.25, 0.3) is 5.12 Å². The van der Waals surface area contributed by atoms with Crippen molar-refractivity contribution >= 4 is 66.1 Å². The fourth-order valence-corrected chi connectivity index (χ4v) is 5.68. The minimum Gasteiger partial charge on any atom is -0.422 e. The van der Waals surface area contributed by atoms with Gasteiger partial charge in [-0.1, -0.05) is 12.1 Å². The minimum absolute atomic E-state index is 0.0422. The summed E-state index contributed by atoms with van der Waals surface area (Å²) in [5.74, 6) is -0.887. The number of carbonyl (C=O) groups is 2. The maximum absolute atomic E-state index is 12.5. The first-order valence-electron chi connectivity index (χ1n) is 5.92. The van der Waals surface area contributed by atoms with Crippen LogP contribution in [0.1, 0.15) is 20.7 Å². The van der Waals surface area contributed by atoms with Crippen molar-refractivity contribution in [3.63, 3.8) is 0 Å². The Bertz CT molecular complexity index is 934. The molecule has 0 saturated carbocycles. The summed E-state index contributed by atoms with van der Waals surface area (Å²) in [7, 11) is -4.28. The number of sulfone groups is 1. The van der Waals surface area contributed by atoms with Gasteiger partial charge in [0.05, 0.1) is 11.1 Å². The van der Waals surface area contributed by atoms with Crippen LogP contribution < -0.4 is 4.74 Å². The number of fused-ring (bicyclic) bond motifs is 2. The lowest BCUT2D eigenvalue weighted by atomic mass is 10.1. The lowest BCUT2D eigenvalue weighted by Crippen LogP contribution is -2.26. The van der Waals surface area contributed by atoms with Crippen LogP contribution in [0.5, 0.6) is 5.75 Å². The number of rotatable bonds is 0. The van der Waals surface area contributed by atoms with E-state index in [1.165, 1.54) is 30.3 Å². The summed E-state index contributed by atoms with van der Waals surface area (Å²) in [6.45, 7) is 0. The molecule has 0 saturated heterocycles. The summed E-state index contributed by atoms with van der Waals surface area (Å²) >= 11 is 3.83. The van der Waals surface area contributed by atoms with E-state index >= 15 is 0 Å². The van der Waals surface area contributed by atoms with Gasteiger partial charge in [-0.25, -0.2) is 13.2 Å². The van der Waals surface area contributed by atoms with Gasteiger partial charge in [-0.2, -0.15) is 0 Å². The summed E-state index contributed by atoms with van der Waals surface area (Å²) in [4.78, 5) is 24.6. The molecule has 0 N–H and O–H groups in total. The van der Waals surface area contributed by atoms with Crippen molar-refractivity contribution < 1.29 is 22.7 Å². The summed E-state index contributed by atoms with van der Waals surface area (Å²) in [5.41, 5.74) is -0.181. The molecule has 1 aliphatic rings. The standard InChI is InChI=1S/C14H6I2O5S/c15-7-5-8-12(9(16)6-7)14(18)22(19,20)11-4-2-1-3-10(11)21-13(8)17/h1-6H. The predicted molar refractivity (Wildman–Crippen MR) is 94.8 cm³/mol. The van der Waals surface area contributed by atoms with E-state index in [2.05, 4.69) is 0 Å². The number of hydrogen-bond donors (Lipinski definition) is 0. The number of esters is 1. The van der Waals surface area contributed by atoms with Gasteiger partial charge in [0, 0.05) is 7.14 Å². The lowest BCUT2D eigenvalue weighted by Gasteiger charge is -2.17. The highest BCUT2D eigenvalue weighted by Crippen LogP contribution is 2.33. The zero-order valence-electron chi connectivity index (χ0n) is 10.7. The van der Waals surface area contributed by atoms with E-state index in [1.54, 1.807) is 6.07 Å². The molecule has 0 aromatic heterocycles. The van der Waals surface area contributed by atoms with E-state index in [0.717, 1.165) is 0 Å². The molecule has 8 heteroatoms. The normalized spacial score (nSPS) is 16.1. The van der Waals surface area contributed by atoms with Crippen molar-refractivity contribution in [2.24, 2.45) is 0 Å². The van der Waals surface area contributed by atoms with Crippen LogP contribution in [-0.2, 0) is 9.84 Å². The number of benzene rings is 2. The average Bonchev–Trinajstić information content (AvgIpc) is 2.45. The summed E-state index contributed by atoms with van der Waals surface area (Å²) in [6.07, 6.45) is 0. The minimum atomic E-state index is -4.28. The van der Waals surface area contributed by atoms with Crippen LogP contribution in [0.2, 0.25) is 0 Å². The molecular formula is C14H6I2O5S. The van der Waals surface area contributed by atoms with Crippen LogP contribution in [0.25, 0.3) is 0 Å². The maximum Gasteiger partial charge on any atom is 0.344 e. The molecule has 0 bridgehead atoms. The quantitative estimate of drug-likeness (QED) is 0.292. The van der Waals surface area contributed by atoms with E-state index in [4.69, 9.17) is 4.74 Å². The molecule has 0 atom stereocenters.